The van der Waals surface area contributed by atoms with Crippen molar-refractivity contribution in [3.8, 4) is 16.9 Å². The summed E-state index contributed by atoms with van der Waals surface area (Å²) in [5.74, 6) is -1.28. The number of pyridine rings is 1. The summed E-state index contributed by atoms with van der Waals surface area (Å²) in [6.07, 6.45) is -2.81. The van der Waals surface area contributed by atoms with E-state index in [4.69, 9.17) is 0 Å². The smallest absolute Gasteiger partial charge is 0.327 e. The van der Waals surface area contributed by atoms with Gasteiger partial charge < -0.3 is 10.3 Å². The largest absolute Gasteiger partial charge is 0.417 e. The van der Waals surface area contributed by atoms with Gasteiger partial charge in [0, 0.05) is 18.0 Å². The fraction of sp³-hybridized carbons (Fsp3) is 0.0870. The number of aryl methyl sites for hydroxylation is 1. The van der Waals surface area contributed by atoms with Gasteiger partial charge in [0.1, 0.15) is 17.2 Å². The fourth-order valence-electron chi connectivity index (χ4n) is 3.20. The zero-order valence-corrected chi connectivity index (χ0v) is 17.1. The van der Waals surface area contributed by atoms with E-state index in [1.807, 2.05) is 18.0 Å². The van der Waals surface area contributed by atoms with Crippen molar-refractivity contribution in [3.63, 3.8) is 0 Å². The summed E-state index contributed by atoms with van der Waals surface area (Å²) in [6, 6.07) is 13.1. The molecular weight excluding hydrogens is 440 g/mol. The van der Waals surface area contributed by atoms with Crippen LogP contribution in [-0.2, 0) is 6.18 Å². The maximum atomic E-state index is 13.3. The molecule has 2 N–H and O–H groups in total. The Morgan fingerprint density at radius 1 is 1.09 bits per heavy atom. The van der Waals surface area contributed by atoms with Crippen LogP contribution in [0, 0.1) is 12.7 Å². The molecule has 2 aromatic heterocycles. The molecule has 0 fully saturated rings. The molecule has 0 bridgehead atoms. The van der Waals surface area contributed by atoms with Gasteiger partial charge in [-0.3, -0.25) is 9.59 Å². The van der Waals surface area contributed by atoms with Crippen LogP contribution < -0.4 is 10.9 Å². The molecule has 2 aromatic carbocycles. The molecule has 0 aliphatic carbocycles. The SMILES string of the molecule is Cc1cccc(-c2nn(-c3ccc(F)cc3)cc2C(=O)Nc2cc(C(F)(F)F)c[nH]c2=O)c1. The number of aromatic nitrogens is 3. The number of amides is 1. The van der Waals surface area contributed by atoms with Crippen molar-refractivity contribution in [2.24, 2.45) is 0 Å². The number of nitrogens with one attached hydrogen (secondary N) is 2. The van der Waals surface area contributed by atoms with Crippen LogP contribution in [0.1, 0.15) is 21.5 Å². The highest BCUT2D eigenvalue weighted by molar-refractivity contribution is 6.08. The van der Waals surface area contributed by atoms with Crippen molar-refractivity contribution in [3.05, 3.63) is 99.9 Å². The second-order valence-electron chi connectivity index (χ2n) is 7.26. The first-order chi connectivity index (χ1) is 15.6. The molecule has 0 aliphatic rings. The van der Waals surface area contributed by atoms with Crippen LogP contribution in [-0.4, -0.2) is 20.7 Å². The van der Waals surface area contributed by atoms with E-state index in [9.17, 15) is 27.2 Å². The summed E-state index contributed by atoms with van der Waals surface area (Å²) >= 11 is 0. The van der Waals surface area contributed by atoms with Crippen LogP contribution in [0.3, 0.4) is 0 Å². The third-order valence-corrected chi connectivity index (χ3v) is 4.82. The fourth-order valence-corrected chi connectivity index (χ4v) is 3.20. The lowest BCUT2D eigenvalue weighted by Crippen LogP contribution is -2.21. The third kappa shape index (κ3) is 4.69. The summed E-state index contributed by atoms with van der Waals surface area (Å²) in [7, 11) is 0. The molecule has 0 atom stereocenters. The van der Waals surface area contributed by atoms with Gasteiger partial charge in [0.05, 0.1) is 16.8 Å². The second kappa shape index (κ2) is 8.38. The molecule has 2 heterocycles. The van der Waals surface area contributed by atoms with Crippen LogP contribution >= 0.6 is 0 Å². The van der Waals surface area contributed by atoms with Crippen molar-refractivity contribution in [1.29, 1.82) is 0 Å². The Hall–Kier alpha value is -4.21. The lowest BCUT2D eigenvalue weighted by molar-refractivity contribution is -0.137. The van der Waals surface area contributed by atoms with Crippen LogP contribution in [0.2, 0.25) is 0 Å². The van der Waals surface area contributed by atoms with E-state index in [2.05, 4.69) is 10.4 Å². The third-order valence-electron chi connectivity index (χ3n) is 4.82. The van der Waals surface area contributed by atoms with Crippen LogP contribution in [0.5, 0.6) is 0 Å². The molecule has 0 aliphatic heterocycles. The molecule has 0 saturated carbocycles. The Morgan fingerprint density at radius 2 is 1.82 bits per heavy atom. The highest BCUT2D eigenvalue weighted by atomic mass is 19.4. The zero-order chi connectivity index (χ0) is 23.8. The number of H-pyrrole nitrogens is 1. The van der Waals surface area contributed by atoms with Crippen molar-refractivity contribution >= 4 is 11.6 Å². The molecule has 0 spiro atoms. The maximum absolute atomic E-state index is 13.3. The number of carbonyl (C=O) groups excluding carboxylic acids is 1. The van der Waals surface area contributed by atoms with Crippen LogP contribution in [0.4, 0.5) is 23.2 Å². The standard InChI is InChI=1S/C23H16F4N4O2/c1-13-3-2-4-14(9-13)20-18(12-31(30-20)17-7-5-16(24)6-8-17)21(32)29-19-10-15(23(25,26)27)11-28-22(19)33/h2-12H,1H3,(H,28,33)(H,29,32). The number of anilines is 1. The van der Waals surface area contributed by atoms with E-state index in [0.29, 0.717) is 23.5 Å². The molecule has 0 radical (unpaired) electrons. The van der Waals surface area contributed by atoms with Crippen LogP contribution in [0.15, 0.2) is 71.8 Å². The van der Waals surface area contributed by atoms with E-state index in [0.717, 1.165) is 5.56 Å². The molecule has 6 nitrogen and oxygen atoms in total. The monoisotopic (exact) mass is 456 g/mol. The Labute approximate surface area is 184 Å². The minimum absolute atomic E-state index is 0.0155. The average molecular weight is 456 g/mol. The molecule has 33 heavy (non-hydrogen) atoms. The zero-order valence-electron chi connectivity index (χ0n) is 17.1. The molecule has 0 unspecified atom stereocenters. The van der Waals surface area contributed by atoms with E-state index in [1.54, 1.807) is 18.2 Å². The molecule has 10 heteroatoms. The second-order valence-corrected chi connectivity index (χ2v) is 7.26. The van der Waals surface area contributed by atoms with Gasteiger partial charge in [-0.1, -0.05) is 23.8 Å². The molecule has 4 rings (SSSR count). The Morgan fingerprint density at radius 3 is 2.48 bits per heavy atom. The summed E-state index contributed by atoms with van der Waals surface area (Å²) in [5, 5.41) is 6.67. The number of hydrogen-bond acceptors (Lipinski definition) is 3. The Kier molecular flexibility index (Phi) is 5.59. The number of nitrogens with zero attached hydrogens (tertiary/aromatic N) is 2. The van der Waals surface area contributed by atoms with Crippen molar-refractivity contribution < 1.29 is 22.4 Å². The lowest BCUT2D eigenvalue weighted by atomic mass is 10.1. The van der Waals surface area contributed by atoms with Gasteiger partial charge in [0.15, 0.2) is 0 Å². The highest BCUT2D eigenvalue weighted by Gasteiger charge is 2.31. The Bertz CT molecular complexity index is 1390. The first-order valence-corrected chi connectivity index (χ1v) is 9.66. The predicted octanol–water partition coefficient (Wildman–Crippen LogP) is 4.95. The lowest BCUT2D eigenvalue weighted by Gasteiger charge is -2.09. The first kappa shape index (κ1) is 22.0. The van der Waals surface area contributed by atoms with Gasteiger partial charge in [-0.05, 0) is 43.3 Å². The number of carbonyl (C=O) groups is 1. The minimum Gasteiger partial charge on any atom is -0.327 e. The van der Waals surface area contributed by atoms with Crippen molar-refractivity contribution in [1.82, 2.24) is 14.8 Å². The molecular formula is C23H16F4N4O2. The van der Waals surface area contributed by atoms with Crippen molar-refractivity contribution in [2.45, 2.75) is 13.1 Å². The Balaban J connectivity index is 1.78. The summed E-state index contributed by atoms with van der Waals surface area (Å²) < 4.78 is 53.7. The van der Waals surface area contributed by atoms with E-state index in [-0.39, 0.29) is 11.3 Å². The van der Waals surface area contributed by atoms with Crippen molar-refractivity contribution in [2.75, 3.05) is 5.32 Å². The topological polar surface area (TPSA) is 79.8 Å². The quantitative estimate of drug-likeness (QED) is 0.427. The van der Waals surface area contributed by atoms with Gasteiger partial charge in [0.25, 0.3) is 11.5 Å². The molecule has 168 valence electrons. The average Bonchev–Trinajstić information content (AvgIpc) is 3.21. The van der Waals surface area contributed by atoms with E-state index < -0.39 is 34.7 Å². The van der Waals surface area contributed by atoms with Gasteiger partial charge >= 0.3 is 6.18 Å². The number of alkyl halides is 3. The number of aromatic amines is 1. The first-order valence-electron chi connectivity index (χ1n) is 9.66. The summed E-state index contributed by atoms with van der Waals surface area (Å²) in [6.45, 7) is 1.85. The number of hydrogen-bond donors (Lipinski definition) is 2. The van der Waals surface area contributed by atoms with Gasteiger partial charge in [-0.25, -0.2) is 9.07 Å². The number of rotatable bonds is 4. The summed E-state index contributed by atoms with van der Waals surface area (Å²) in [5.41, 5.74) is -0.368. The molecule has 0 saturated heterocycles. The summed E-state index contributed by atoms with van der Waals surface area (Å²) in [4.78, 5) is 27.1. The van der Waals surface area contributed by atoms with Gasteiger partial charge in [-0.15, -0.1) is 0 Å². The van der Waals surface area contributed by atoms with Gasteiger partial charge in [-0.2, -0.15) is 18.3 Å². The highest BCUT2D eigenvalue weighted by Crippen LogP contribution is 2.30. The van der Waals surface area contributed by atoms with Gasteiger partial charge in [0.2, 0.25) is 0 Å². The van der Waals surface area contributed by atoms with E-state index in [1.165, 1.54) is 35.1 Å². The van der Waals surface area contributed by atoms with Crippen LogP contribution in [0.25, 0.3) is 16.9 Å². The molecule has 4 aromatic rings. The predicted molar refractivity (Wildman–Crippen MR) is 114 cm³/mol. The number of benzene rings is 2. The molecule has 1 amide bonds. The maximum Gasteiger partial charge on any atom is 0.417 e. The minimum atomic E-state index is -4.70. The van der Waals surface area contributed by atoms with E-state index >= 15 is 0 Å². The number of halogens is 4. The normalized spacial score (nSPS) is 11.4.